The third kappa shape index (κ3) is 4.17. The van der Waals surface area contributed by atoms with Gasteiger partial charge in [0.2, 0.25) is 5.95 Å². The van der Waals surface area contributed by atoms with Crippen LogP contribution in [0.15, 0.2) is 54.9 Å². The van der Waals surface area contributed by atoms with Crippen molar-refractivity contribution in [2.75, 3.05) is 29.6 Å². The Morgan fingerprint density at radius 2 is 1.88 bits per heavy atom. The van der Waals surface area contributed by atoms with Gasteiger partial charge in [0.15, 0.2) is 17.0 Å². The van der Waals surface area contributed by atoms with Crippen molar-refractivity contribution in [2.45, 2.75) is 26.4 Å². The van der Waals surface area contributed by atoms with Crippen molar-refractivity contribution in [3.05, 3.63) is 60.7 Å². The molecule has 0 fully saturated rings. The lowest BCUT2D eigenvalue weighted by Crippen LogP contribution is -2.10. The summed E-state index contributed by atoms with van der Waals surface area (Å²) in [6.45, 7) is 4.71. The molecular weight excluding hydrogens is 414 g/mol. The first kappa shape index (κ1) is 20.7. The summed E-state index contributed by atoms with van der Waals surface area (Å²) >= 11 is 0. The molecule has 5 aromatic rings. The zero-order valence-electron chi connectivity index (χ0n) is 19.2. The molecule has 0 aliphatic heterocycles. The van der Waals surface area contributed by atoms with Crippen LogP contribution >= 0.6 is 0 Å². The number of aromatic nitrogens is 6. The molecule has 0 aliphatic carbocycles. The average Bonchev–Trinajstić information content (AvgIpc) is 3.41. The lowest BCUT2D eigenvalue weighted by Gasteiger charge is -2.15. The van der Waals surface area contributed by atoms with Crippen LogP contribution in [0, 0.1) is 0 Å². The van der Waals surface area contributed by atoms with Gasteiger partial charge in [0.1, 0.15) is 5.82 Å². The van der Waals surface area contributed by atoms with E-state index in [1.807, 2.05) is 61.4 Å². The van der Waals surface area contributed by atoms with Crippen molar-refractivity contribution in [3.63, 3.8) is 0 Å². The highest BCUT2D eigenvalue weighted by atomic mass is 15.2. The Balaban J connectivity index is 1.49. The lowest BCUT2D eigenvalue weighted by molar-refractivity contribution is 0.613. The Kier molecular flexibility index (Phi) is 5.29. The zero-order chi connectivity index (χ0) is 22.9. The molecule has 33 heavy (non-hydrogen) atoms. The van der Waals surface area contributed by atoms with E-state index in [0.717, 1.165) is 39.4 Å². The first-order chi connectivity index (χ1) is 16.0. The minimum absolute atomic E-state index is 0.220. The number of anilines is 4. The van der Waals surface area contributed by atoms with Gasteiger partial charge < -0.3 is 25.1 Å². The fraction of sp³-hybridized carbons (Fsp3) is 0.250. The van der Waals surface area contributed by atoms with Crippen LogP contribution in [0.3, 0.4) is 0 Å². The van der Waals surface area contributed by atoms with Crippen LogP contribution < -0.4 is 15.5 Å². The molecule has 0 aliphatic rings. The minimum Gasteiger partial charge on any atom is -0.378 e. The molecule has 3 heterocycles. The summed E-state index contributed by atoms with van der Waals surface area (Å²) in [5.41, 5.74) is 5.46. The molecule has 168 valence electrons. The zero-order valence-corrected chi connectivity index (χ0v) is 19.2. The molecule has 0 radical (unpaired) electrons. The highest BCUT2D eigenvalue weighted by Gasteiger charge is 2.16. The highest BCUT2D eigenvalue weighted by Crippen LogP contribution is 2.26. The van der Waals surface area contributed by atoms with Crippen molar-refractivity contribution in [1.29, 1.82) is 0 Å². The number of imidazole rings is 2. The molecule has 0 unspecified atom stereocenters. The first-order valence-corrected chi connectivity index (χ1v) is 10.9. The second-order valence-electron chi connectivity index (χ2n) is 8.44. The largest absolute Gasteiger partial charge is 0.378 e. The van der Waals surface area contributed by atoms with Gasteiger partial charge in [-0.25, -0.2) is 9.97 Å². The molecule has 9 nitrogen and oxygen atoms in total. The van der Waals surface area contributed by atoms with E-state index < -0.39 is 0 Å². The smallest absolute Gasteiger partial charge is 0.231 e. The standard InChI is InChI=1S/C24H27N9/c1-15(2)33-14-26-21-22(25-13-20-28-18-10-5-6-11-19(18)29-20)30-24(31-23(21)33)27-16-8-7-9-17(12-16)32(3)4/h5-12,14-15H,13H2,1-4H3,(H,28,29)(H2,25,27,30,31). The number of H-pyrrole nitrogens is 1. The highest BCUT2D eigenvalue weighted by molar-refractivity contribution is 5.85. The molecule has 0 spiro atoms. The molecule has 5 rings (SSSR count). The molecule has 0 saturated carbocycles. The molecule has 9 heteroatoms. The second kappa shape index (κ2) is 8.42. The van der Waals surface area contributed by atoms with Crippen LogP contribution in [0.25, 0.3) is 22.2 Å². The fourth-order valence-corrected chi connectivity index (χ4v) is 3.72. The molecule has 3 N–H and O–H groups in total. The summed E-state index contributed by atoms with van der Waals surface area (Å²) in [6.07, 6.45) is 1.81. The van der Waals surface area contributed by atoms with E-state index in [1.54, 1.807) is 0 Å². The van der Waals surface area contributed by atoms with Crippen LogP contribution in [0.5, 0.6) is 0 Å². The van der Waals surface area contributed by atoms with E-state index in [4.69, 9.17) is 9.97 Å². The summed E-state index contributed by atoms with van der Waals surface area (Å²) in [5.74, 6) is 2.00. The van der Waals surface area contributed by atoms with Gasteiger partial charge in [-0.1, -0.05) is 18.2 Å². The van der Waals surface area contributed by atoms with Gasteiger partial charge in [0.25, 0.3) is 0 Å². The van der Waals surface area contributed by atoms with Crippen LogP contribution in [-0.2, 0) is 6.54 Å². The van der Waals surface area contributed by atoms with E-state index in [-0.39, 0.29) is 6.04 Å². The second-order valence-corrected chi connectivity index (χ2v) is 8.44. The summed E-state index contributed by atoms with van der Waals surface area (Å²) in [5, 5.41) is 6.76. The van der Waals surface area contributed by atoms with Crippen LogP contribution in [-0.4, -0.2) is 43.6 Å². The number of nitrogens with zero attached hydrogens (tertiary/aromatic N) is 6. The maximum absolute atomic E-state index is 4.78. The summed E-state index contributed by atoms with van der Waals surface area (Å²) in [4.78, 5) is 24.2. The van der Waals surface area contributed by atoms with E-state index in [9.17, 15) is 0 Å². The number of aromatic amines is 1. The topological polar surface area (TPSA) is 99.6 Å². The number of nitrogens with one attached hydrogen (secondary N) is 3. The quantitative estimate of drug-likeness (QED) is 0.336. The van der Waals surface area contributed by atoms with Crippen LogP contribution in [0.2, 0.25) is 0 Å². The number of benzene rings is 2. The number of para-hydroxylation sites is 2. The third-order valence-corrected chi connectivity index (χ3v) is 5.46. The maximum atomic E-state index is 4.78. The average molecular weight is 442 g/mol. The van der Waals surface area contributed by atoms with E-state index in [1.165, 1.54) is 0 Å². The minimum atomic E-state index is 0.220. The SMILES string of the molecule is CC(C)n1cnc2c(NCc3nc4ccccc4[nH]3)nc(Nc3cccc(N(C)C)c3)nc21. The monoisotopic (exact) mass is 441 g/mol. The Morgan fingerprint density at radius 3 is 2.67 bits per heavy atom. The first-order valence-electron chi connectivity index (χ1n) is 10.9. The van der Waals surface area contributed by atoms with Gasteiger partial charge in [-0.05, 0) is 44.2 Å². The van der Waals surface area contributed by atoms with Crippen molar-refractivity contribution in [1.82, 2.24) is 29.5 Å². The number of hydrogen-bond acceptors (Lipinski definition) is 7. The van der Waals surface area contributed by atoms with Gasteiger partial charge >= 0.3 is 0 Å². The van der Waals surface area contributed by atoms with Gasteiger partial charge in [-0.3, -0.25) is 0 Å². The molecule has 0 atom stereocenters. The van der Waals surface area contributed by atoms with E-state index in [0.29, 0.717) is 18.3 Å². The Labute approximate surface area is 191 Å². The van der Waals surface area contributed by atoms with Gasteiger partial charge in [-0.15, -0.1) is 0 Å². The Hall–Kier alpha value is -4.14. The van der Waals surface area contributed by atoms with Gasteiger partial charge in [0.05, 0.1) is 23.9 Å². The fourth-order valence-electron chi connectivity index (χ4n) is 3.72. The number of fused-ring (bicyclic) bond motifs is 2. The van der Waals surface area contributed by atoms with Crippen molar-refractivity contribution in [2.24, 2.45) is 0 Å². The third-order valence-electron chi connectivity index (χ3n) is 5.46. The predicted molar refractivity (Wildman–Crippen MR) is 133 cm³/mol. The van der Waals surface area contributed by atoms with Gasteiger partial charge in [0, 0.05) is 31.5 Å². The molecule has 0 bridgehead atoms. The predicted octanol–water partition coefficient (Wildman–Crippen LogP) is 4.71. The number of rotatable bonds is 7. The van der Waals surface area contributed by atoms with Crippen molar-refractivity contribution < 1.29 is 0 Å². The summed E-state index contributed by atoms with van der Waals surface area (Å²) < 4.78 is 2.05. The van der Waals surface area contributed by atoms with E-state index >= 15 is 0 Å². The molecule has 0 amide bonds. The number of hydrogen-bond donors (Lipinski definition) is 3. The summed E-state index contributed by atoms with van der Waals surface area (Å²) in [7, 11) is 4.03. The van der Waals surface area contributed by atoms with Crippen LogP contribution in [0.4, 0.5) is 23.1 Å². The molecule has 0 saturated heterocycles. The summed E-state index contributed by atoms with van der Waals surface area (Å²) in [6, 6.07) is 16.3. The Morgan fingerprint density at radius 1 is 1.03 bits per heavy atom. The molecule has 2 aromatic carbocycles. The van der Waals surface area contributed by atoms with Crippen molar-refractivity contribution >= 4 is 45.3 Å². The molecule has 3 aromatic heterocycles. The normalized spacial score (nSPS) is 11.4. The molecular formula is C24H27N9. The van der Waals surface area contributed by atoms with E-state index in [2.05, 4.69) is 56.5 Å². The Bertz CT molecular complexity index is 1380. The van der Waals surface area contributed by atoms with Crippen molar-refractivity contribution in [3.8, 4) is 0 Å². The van der Waals surface area contributed by atoms with Crippen LogP contribution in [0.1, 0.15) is 25.7 Å². The van der Waals surface area contributed by atoms with Gasteiger partial charge in [-0.2, -0.15) is 9.97 Å². The lowest BCUT2D eigenvalue weighted by atomic mass is 10.2. The maximum Gasteiger partial charge on any atom is 0.231 e.